The number of para-hydroxylation sites is 3. The number of fused-ring (bicyclic) bond motifs is 6. The second-order valence-electron chi connectivity index (χ2n) is 12.0. The number of hydrogen-bond donors (Lipinski definition) is 0. The van der Waals surface area contributed by atoms with Gasteiger partial charge in [-0.3, -0.25) is 0 Å². The molecule has 0 aliphatic heterocycles. The van der Waals surface area contributed by atoms with Crippen LogP contribution in [-0.4, -0.2) is 9.13 Å². The highest BCUT2D eigenvalue weighted by atomic mass is 15.0. The average molecular weight is 611 g/mol. The van der Waals surface area contributed by atoms with Crippen molar-refractivity contribution in [2.24, 2.45) is 0 Å². The fourth-order valence-electron chi connectivity index (χ4n) is 7.25. The van der Waals surface area contributed by atoms with Crippen LogP contribution in [0.4, 0.5) is 0 Å². The van der Waals surface area contributed by atoms with Crippen molar-refractivity contribution in [2.75, 3.05) is 0 Å². The van der Waals surface area contributed by atoms with E-state index >= 15 is 0 Å². The molecule has 0 bridgehead atoms. The number of nitriles is 2. The van der Waals surface area contributed by atoms with Gasteiger partial charge in [-0.1, -0.05) is 91.0 Å². The Morgan fingerprint density at radius 1 is 0.375 bits per heavy atom. The molecule has 4 heteroatoms. The van der Waals surface area contributed by atoms with Crippen LogP contribution < -0.4 is 0 Å². The van der Waals surface area contributed by atoms with E-state index in [1.54, 1.807) is 0 Å². The summed E-state index contributed by atoms with van der Waals surface area (Å²) in [6.07, 6.45) is 0. The van der Waals surface area contributed by atoms with Crippen molar-refractivity contribution in [3.8, 4) is 45.8 Å². The summed E-state index contributed by atoms with van der Waals surface area (Å²) in [5.41, 5.74) is 12.2. The molecule has 0 spiro atoms. The first-order chi connectivity index (χ1) is 23.7. The van der Waals surface area contributed by atoms with Crippen LogP contribution in [0.25, 0.3) is 77.2 Å². The normalized spacial score (nSPS) is 11.3. The minimum Gasteiger partial charge on any atom is -0.309 e. The van der Waals surface area contributed by atoms with Gasteiger partial charge in [0.15, 0.2) is 0 Å². The van der Waals surface area contributed by atoms with Gasteiger partial charge in [0.1, 0.15) is 0 Å². The van der Waals surface area contributed by atoms with Gasteiger partial charge in [0.05, 0.1) is 45.3 Å². The fraction of sp³-hybridized carbons (Fsp3) is 0. The topological polar surface area (TPSA) is 57.4 Å². The zero-order chi connectivity index (χ0) is 32.2. The van der Waals surface area contributed by atoms with E-state index in [2.05, 4.69) is 149 Å². The molecule has 0 unspecified atom stereocenters. The summed E-state index contributed by atoms with van der Waals surface area (Å²) in [6, 6.07) is 59.1. The lowest BCUT2D eigenvalue weighted by Gasteiger charge is -2.14. The van der Waals surface area contributed by atoms with Crippen LogP contribution >= 0.6 is 0 Å². The predicted octanol–water partition coefficient (Wildman–Crippen LogP) is 11.0. The molecule has 9 rings (SSSR count). The Kier molecular flexibility index (Phi) is 6.22. The maximum atomic E-state index is 9.62. The highest BCUT2D eigenvalue weighted by Crippen LogP contribution is 2.40. The zero-order valence-electron chi connectivity index (χ0n) is 25.8. The standard InChI is InChI=1S/C44H26N4/c45-27-29-9-5-10-31(23-29)32-11-6-14-35(25-32)48-42-20-4-1-15-37(42)39-18-8-17-36(44(39)48)33-12-7-13-34(26-33)47-41-19-3-2-16-38(41)40-24-30(28-46)21-22-43(40)47/h1-26H. The minimum absolute atomic E-state index is 0.644. The summed E-state index contributed by atoms with van der Waals surface area (Å²) in [5.74, 6) is 0. The first kappa shape index (κ1) is 27.4. The van der Waals surface area contributed by atoms with Crippen LogP contribution in [0.1, 0.15) is 11.1 Å². The third-order valence-corrected chi connectivity index (χ3v) is 9.34. The quantitative estimate of drug-likeness (QED) is 0.199. The van der Waals surface area contributed by atoms with Crippen LogP contribution in [0.15, 0.2) is 158 Å². The van der Waals surface area contributed by atoms with E-state index in [4.69, 9.17) is 0 Å². The molecule has 9 aromatic rings. The second-order valence-corrected chi connectivity index (χ2v) is 12.0. The molecule has 0 N–H and O–H groups in total. The van der Waals surface area contributed by atoms with Gasteiger partial charge in [-0.25, -0.2) is 0 Å². The number of nitrogens with zero attached hydrogens (tertiary/aromatic N) is 4. The lowest BCUT2D eigenvalue weighted by atomic mass is 10.0. The van der Waals surface area contributed by atoms with Crippen LogP contribution in [0.3, 0.4) is 0 Å². The van der Waals surface area contributed by atoms with E-state index in [0.29, 0.717) is 11.1 Å². The van der Waals surface area contributed by atoms with Crippen molar-refractivity contribution < 1.29 is 0 Å². The number of aromatic nitrogens is 2. The van der Waals surface area contributed by atoms with Gasteiger partial charge < -0.3 is 9.13 Å². The van der Waals surface area contributed by atoms with Crippen LogP contribution in [0, 0.1) is 22.7 Å². The van der Waals surface area contributed by atoms with Crippen LogP contribution in [0.5, 0.6) is 0 Å². The van der Waals surface area contributed by atoms with Gasteiger partial charge in [-0.15, -0.1) is 0 Å². The van der Waals surface area contributed by atoms with Crippen LogP contribution in [0.2, 0.25) is 0 Å². The monoisotopic (exact) mass is 610 g/mol. The Hall–Kier alpha value is -6.88. The fourth-order valence-corrected chi connectivity index (χ4v) is 7.25. The molecule has 4 nitrogen and oxygen atoms in total. The summed E-state index contributed by atoms with van der Waals surface area (Å²) >= 11 is 0. The van der Waals surface area contributed by atoms with Crippen molar-refractivity contribution in [2.45, 2.75) is 0 Å². The second kappa shape index (κ2) is 10.9. The molecule has 222 valence electrons. The van der Waals surface area contributed by atoms with Crippen LogP contribution in [-0.2, 0) is 0 Å². The maximum absolute atomic E-state index is 9.62. The SMILES string of the molecule is N#Cc1cccc(-c2cccc(-n3c4ccccc4c4cccc(-c5cccc(-n6c7ccccc7c7cc(C#N)ccc76)c5)c43)c2)c1. The van der Waals surface area contributed by atoms with Crippen molar-refractivity contribution in [1.29, 1.82) is 10.5 Å². The maximum Gasteiger partial charge on any atom is 0.0991 e. The molecule has 0 aliphatic rings. The van der Waals surface area contributed by atoms with Crippen molar-refractivity contribution in [3.63, 3.8) is 0 Å². The Bertz CT molecular complexity index is 2820. The highest BCUT2D eigenvalue weighted by molar-refractivity contribution is 6.14. The lowest BCUT2D eigenvalue weighted by molar-refractivity contribution is 1.17. The highest BCUT2D eigenvalue weighted by Gasteiger charge is 2.18. The molecular weight excluding hydrogens is 585 g/mol. The van der Waals surface area contributed by atoms with Crippen molar-refractivity contribution >= 4 is 43.6 Å². The molecule has 0 atom stereocenters. The molecule has 0 amide bonds. The third kappa shape index (κ3) is 4.22. The summed E-state index contributed by atoms with van der Waals surface area (Å²) in [6.45, 7) is 0. The molecular formula is C44H26N4. The summed E-state index contributed by atoms with van der Waals surface area (Å²) in [4.78, 5) is 0. The van der Waals surface area contributed by atoms with Crippen molar-refractivity contribution in [3.05, 3.63) is 169 Å². The van der Waals surface area contributed by atoms with Gasteiger partial charge in [-0.05, 0) is 83.4 Å². The molecule has 0 aliphatic carbocycles. The van der Waals surface area contributed by atoms with E-state index < -0.39 is 0 Å². The van der Waals surface area contributed by atoms with Gasteiger partial charge >= 0.3 is 0 Å². The zero-order valence-corrected chi connectivity index (χ0v) is 25.8. The first-order valence-corrected chi connectivity index (χ1v) is 15.9. The largest absolute Gasteiger partial charge is 0.309 e. The van der Waals surface area contributed by atoms with E-state index in [9.17, 15) is 10.5 Å². The van der Waals surface area contributed by atoms with E-state index in [-0.39, 0.29) is 0 Å². The first-order valence-electron chi connectivity index (χ1n) is 15.9. The average Bonchev–Trinajstić information content (AvgIpc) is 3.68. The Morgan fingerprint density at radius 3 is 1.69 bits per heavy atom. The van der Waals surface area contributed by atoms with Gasteiger partial charge in [0.2, 0.25) is 0 Å². The van der Waals surface area contributed by atoms with Gasteiger partial charge in [0, 0.05) is 38.5 Å². The van der Waals surface area contributed by atoms with E-state index in [1.165, 1.54) is 10.8 Å². The molecule has 2 aromatic heterocycles. The summed E-state index contributed by atoms with van der Waals surface area (Å²) in [5, 5.41) is 23.7. The number of rotatable bonds is 4. The molecule has 2 heterocycles. The smallest absolute Gasteiger partial charge is 0.0991 e. The third-order valence-electron chi connectivity index (χ3n) is 9.34. The number of benzene rings is 7. The van der Waals surface area contributed by atoms with E-state index in [1.807, 2.05) is 30.3 Å². The van der Waals surface area contributed by atoms with Crippen molar-refractivity contribution in [1.82, 2.24) is 9.13 Å². The molecule has 7 aromatic carbocycles. The molecule has 48 heavy (non-hydrogen) atoms. The summed E-state index contributed by atoms with van der Waals surface area (Å²) in [7, 11) is 0. The minimum atomic E-state index is 0.644. The van der Waals surface area contributed by atoms with E-state index in [0.717, 1.165) is 66.5 Å². The number of hydrogen-bond acceptors (Lipinski definition) is 2. The predicted molar refractivity (Wildman–Crippen MR) is 195 cm³/mol. The molecule has 0 radical (unpaired) electrons. The Labute approximate surface area is 277 Å². The molecule has 0 saturated heterocycles. The lowest BCUT2D eigenvalue weighted by Crippen LogP contribution is -1.97. The molecule has 0 saturated carbocycles. The summed E-state index contributed by atoms with van der Waals surface area (Å²) < 4.78 is 4.66. The Balaban J connectivity index is 1.28. The molecule has 0 fully saturated rings. The van der Waals surface area contributed by atoms with Gasteiger partial charge in [0.25, 0.3) is 0 Å². The Morgan fingerprint density at radius 2 is 0.917 bits per heavy atom. The van der Waals surface area contributed by atoms with Gasteiger partial charge in [-0.2, -0.15) is 10.5 Å².